The van der Waals surface area contributed by atoms with Gasteiger partial charge in [0.05, 0.1) is 0 Å². The Labute approximate surface area is 130 Å². The summed E-state index contributed by atoms with van der Waals surface area (Å²) >= 11 is 6.00. The molecule has 2 rings (SSSR count). The molecule has 0 spiro atoms. The van der Waals surface area contributed by atoms with Gasteiger partial charge in [0, 0.05) is 30.2 Å². The minimum absolute atomic E-state index is 0.0598. The van der Waals surface area contributed by atoms with E-state index in [1.54, 1.807) is 0 Å². The van der Waals surface area contributed by atoms with Crippen molar-refractivity contribution in [2.45, 2.75) is 26.4 Å². The van der Waals surface area contributed by atoms with E-state index < -0.39 is 0 Å². The van der Waals surface area contributed by atoms with Gasteiger partial charge in [0.15, 0.2) is 0 Å². The molecule has 1 amide bonds. The first-order valence-corrected chi connectivity index (χ1v) is 7.28. The van der Waals surface area contributed by atoms with E-state index in [0.29, 0.717) is 0 Å². The summed E-state index contributed by atoms with van der Waals surface area (Å²) in [6, 6.07) is 15.9. The minimum atomic E-state index is -0.0598. The number of carbonyl (C=O) groups excluding carboxylic acids is 1. The average molecular weight is 303 g/mol. The van der Waals surface area contributed by atoms with E-state index in [1.807, 2.05) is 42.5 Å². The second kappa shape index (κ2) is 7.25. The van der Waals surface area contributed by atoms with Crippen LogP contribution in [0.25, 0.3) is 0 Å². The van der Waals surface area contributed by atoms with Gasteiger partial charge in [0.25, 0.3) is 0 Å². The molecular weight excluding hydrogens is 284 g/mol. The molecule has 2 aromatic rings. The lowest BCUT2D eigenvalue weighted by atomic mass is 10.1. The summed E-state index contributed by atoms with van der Waals surface area (Å²) in [5.74, 6) is -0.0598. The highest BCUT2D eigenvalue weighted by Crippen LogP contribution is 2.18. The fraction of sp³-hybridized carbons (Fsp3) is 0.235. The van der Waals surface area contributed by atoms with E-state index in [4.69, 9.17) is 11.6 Å². The molecule has 0 saturated carbocycles. The molecule has 0 radical (unpaired) electrons. The molecule has 0 bridgehead atoms. The van der Waals surface area contributed by atoms with Gasteiger partial charge in [0.1, 0.15) is 0 Å². The summed E-state index contributed by atoms with van der Waals surface area (Å²) in [6.07, 6.45) is 0. The summed E-state index contributed by atoms with van der Waals surface area (Å²) in [7, 11) is 0. The van der Waals surface area contributed by atoms with Crippen LogP contribution in [0.5, 0.6) is 0 Å². The monoisotopic (exact) mass is 302 g/mol. The lowest BCUT2D eigenvalue weighted by Crippen LogP contribution is -2.18. The quantitative estimate of drug-likeness (QED) is 0.871. The van der Waals surface area contributed by atoms with Crippen LogP contribution >= 0.6 is 11.6 Å². The molecule has 3 nitrogen and oxygen atoms in total. The van der Waals surface area contributed by atoms with Crippen LogP contribution < -0.4 is 10.6 Å². The van der Waals surface area contributed by atoms with E-state index in [0.717, 1.165) is 28.4 Å². The molecular formula is C17H19ClN2O. The predicted octanol–water partition coefficient (Wildman–Crippen LogP) is 4.15. The predicted molar refractivity (Wildman–Crippen MR) is 87.5 cm³/mol. The number of nitrogens with one attached hydrogen (secondary N) is 2. The third-order valence-electron chi connectivity index (χ3n) is 3.24. The van der Waals surface area contributed by atoms with Crippen molar-refractivity contribution in [1.82, 2.24) is 5.32 Å². The van der Waals surface area contributed by atoms with Gasteiger partial charge in [-0.2, -0.15) is 0 Å². The van der Waals surface area contributed by atoms with E-state index in [9.17, 15) is 4.79 Å². The summed E-state index contributed by atoms with van der Waals surface area (Å²) in [6.45, 7) is 4.37. The zero-order chi connectivity index (χ0) is 15.2. The fourth-order valence-electron chi connectivity index (χ4n) is 2.07. The first kappa shape index (κ1) is 15.5. The zero-order valence-electron chi connectivity index (χ0n) is 12.2. The Bertz CT molecular complexity index is 610. The van der Waals surface area contributed by atoms with Crippen LogP contribution in [0.15, 0.2) is 48.5 Å². The Morgan fingerprint density at radius 3 is 2.52 bits per heavy atom. The number of rotatable bonds is 5. The van der Waals surface area contributed by atoms with Gasteiger partial charge < -0.3 is 10.6 Å². The zero-order valence-corrected chi connectivity index (χ0v) is 12.9. The van der Waals surface area contributed by atoms with Gasteiger partial charge in [0.2, 0.25) is 5.91 Å². The summed E-state index contributed by atoms with van der Waals surface area (Å²) in [5, 5.41) is 6.96. The molecule has 0 fully saturated rings. The van der Waals surface area contributed by atoms with Gasteiger partial charge in [-0.25, -0.2) is 0 Å². The van der Waals surface area contributed by atoms with Gasteiger partial charge >= 0.3 is 0 Å². The molecule has 0 saturated heterocycles. The number of halogens is 1. The highest BCUT2D eigenvalue weighted by atomic mass is 35.5. The second-order valence-corrected chi connectivity index (χ2v) is 5.47. The highest BCUT2D eigenvalue weighted by molar-refractivity contribution is 6.30. The molecule has 1 atom stereocenters. The van der Waals surface area contributed by atoms with E-state index in [2.05, 4.69) is 23.6 Å². The lowest BCUT2D eigenvalue weighted by Gasteiger charge is -2.15. The molecule has 2 aromatic carbocycles. The standard InChI is InChI=1S/C17H19ClN2O/c1-12(15-4-3-5-16(18)10-15)19-11-14-6-8-17(9-7-14)20-13(2)21/h3-10,12,19H,11H2,1-2H3,(H,20,21)/t12-/m0/s1. The van der Waals surface area contributed by atoms with Crippen LogP contribution in [0.4, 0.5) is 5.69 Å². The SMILES string of the molecule is CC(=O)Nc1ccc(CN[C@@H](C)c2cccc(Cl)c2)cc1. The van der Waals surface area contributed by atoms with Crippen molar-refractivity contribution in [1.29, 1.82) is 0 Å². The second-order valence-electron chi connectivity index (χ2n) is 5.04. The lowest BCUT2D eigenvalue weighted by molar-refractivity contribution is -0.114. The number of amides is 1. The molecule has 4 heteroatoms. The Morgan fingerprint density at radius 2 is 1.90 bits per heavy atom. The van der Waals surface area contributed by atoms with Crippen molar-refractivity contribution < 1.29 is 4.79 Å². The normalized spacial score (nSPS) is 12.0. The Morgan fingerprint density at radius 1 is 1.19 bits per heavy atom. The van der Waals surface area contributed by atoms with Crippen LogP contribution in [-0.4, -0.2) is 5.91 Å². The molecule has 0 unspecified atom stereocenters. The minimum Gasteiger partial charge on any atom is -0.326 e. The van der Waals surface area contributed by atoms with Crippen LogP contribution in [0, 0.1) is 0 Å². The molecule has 21 heavy (non-hydrogen) atoms. The van der Waals surface area contributed by atoms with Crippen molar-refractivity contribution in [2.75, 3.05) is 5.32 Å². The molecule has 0 aliphatic carbocycles. The van der Waals surface area contributed by atoms with Crippen molar-refractivity contribution in [3.8, 4) is 0 Å². The molecule has 0 aliphatic rings. The van der Waals surface area contributed by atoms with Gasteiger partial charge in [-0.1, -0.05) is 35.9 Å². The first-order valence-electron chi connectivity index (χ1n) is 6.90. The Kier molecular flexibility index (Phi) is 5.37. The summed E-state index contributed by atoms with van der Waals surface area (Å²) < 4.78 is 0. The highest BCUT2D eigenvalue weighted by Gasteiger charge is 2.05. The first-order chi connectivity index (χ1) is 10.0. The number of hydrogen-bond acceptors (Lipinski definition) is 2. The smallest absolute Gasteiger partial charge is 0.221 e. The largest absolute Gasteiger partial charge is 0.326 e. The maximum absolute atomic E-state index is 11.0. The third kappa shape index (κ3) is 4.88. The number of anilines is 1. The summed E-state index contributed by atoms with van der Waals surface area (Å²) in [5.41, 5.74) is 3.14. The van der Waals surface area contributed by atoms with Crippen LogP contribution in [0.2, 0.25) is 5.02 Å². The van der Waals surface area contributed by atoms with Crippen LogP contribution in [0.1, 0.15) is 31.0 Å². The van der Waals surface area contributed by atoms with Crippen molar-refractivity contribution in [3.05, 3.63) is 64.7 Å². The Balaban J connectivity index is 1.92. The van der Waals surface area contributed by atoms with E-state index >= 15 is 0 Å². The molecule has 0 aliphatic heterocycles. The summed E-state index contributed by atoms with van der Waals surface area (Å²) in [4.78, 5) is 11.0. The maximum atomic E-state index is 11.0. The fourth-order valence-corrected chi connectivity index (χ4v) is 2.27. The van der Waals surface area contributed by atoms with Crippen molar-refractivity contribution in [3.63, 3.8) is 0 Å². The average Bonchev–Trinajstić information content (AvgIpc) is 2.45. The molecule has 0 aromatic heterocycles. The van der Waals surface area contributed by atoms with Crippen LogP contribution in [-0.2, 0) is 11.3 Å². The van der Waals surface area contributed by atoms with Gasteiger partial charge in [-0.05, 0) is 42.3 Å². The van der Waals surface area contributed by atoms with Crippen molar-refractivity contribution >= 4 is 23.2 Å². The maximum Gasteiger partial charge on any atom is 0.221 e. The number of hydrogen-bond donors (Lipinski definition) is 2. The Hall–Kier alpha value is -1.84. The van der Waals surface area contributed by atoms with Gasteiger partial charge in [-0.3, -0.25) is 4.79 Å². The molecule has 110 valence electrons. The molecule has 0 heterocycles. The van der Waals surface area contributed by atoms with Crippen molar-refractivity contribution in [2.24, 2.45) is 0 Å². The van der Waals surface area contributed by atoms with Crippen LogP contribution in [0.3, 0.4) is 0 Å². The number of benzene rings is 2. The number of carbonyl (C=O) groups is 1. The third-order valence-corrected chi connectivity index (χ3v) is 3.47. The topological polar surface area (TPSA) is 41.1 Å². The molecule has 2 N–H and O–H groups in total. The van der Waals surface area contributed by atoms with Gasteiger partial charge in [-0.15, -0.1) is 0 Å². The van der Waals surface area contributed by atoms with E-state index in [1.165, 1.54) is 6.92 Å². The van der Waals surface area contributed by atoms with E-state index in [-0.39, 0.29) is 11.9 Å².